The van der Waals surface area contributed by atoms with Gasteiger partial charge in [-0.25, -0.2) is 14.2 Å². The minimum absolute atomic E-state index is 0.285. The van der Waals surface area contributed by atoms with Crippen molar-refractivity contribution in [3.63, 3.8) is 0 Å². The molecule has 0 aliphatic carbocycles. The van der Waals surface area contributed by atoms with Gasteiger partial charge in [0.05, 0.1) is 17.5 Å². The number of nitrogens with zero attached hydrogens (tertiary/aromatic N) is 2. The zero-order valence-electron chi connectivity index (χ0n) is 16.0. The van der Waals surface area contributed by atoms with Gasteiger partial charge in [-0.15, -0.1) is 11.3 Å². The summed E-state index contributed by atoms with van der Waals surface area (Å²) in [5, 5.41) is 7.12. The molecule has 1 aromatic heterocycles. The van der Waals surface area contributed by atoms with E-state index >= 15 is 0 Å². The van der Waals surface area contributed by atoms with E-state index < -0.39 is 5.97 Å². The van der Waals surface area contributed by atoms with Crippen molar-refractivity contribution in [2.75, 3.05) is 5.43 Å². The second kappa shape index (κ2) is 9.51. The predicted molar refractivity (Wildman–Crippen MR) is 122 cm³/mol. The van der Waals surface area contributed by atoms with E-state index in [1.165, 1.54) is 23.5 Å². The van der Waals surface area contributed by atoms with E-state index in [1.54, 1.807) is 66.9 Å². The summed E-state index contributed by atoms with van der Waals surface area (Å²) in [5.74, 6) is -0.350. The zero-order chi connectivity index (χ0) is 21.6. The highest BCUT2D eigenvalue weighted by molar-refractivity contribution is 7.14. The molecule has 0 amide bonds. The Morgan fingerprint density at radius 2 is 1.87 bits per heavy atom. The Hall–Kier alpha value is -3.55. The maximum Gasteiger partial charge on any atom is 0.343 e. The molecule has 0 radical (unpaired) electrons. The molecule has 1 heterocycles. The Labute approximate surface area is 186 Å². The van der Waals surface area contributed by atoms with Gasteiger partial charge in [-0.3, -0.25) is 5.43 Å². The molecule has 0 aliphatic heterocycles. The highest BCUT2D eigenvalue weighted by atomic mass is 35.5. The van der Waals surface area contributed by atoms with Gasteiger partial charge in [0.1, 0.15) is 11.6 Å². The lowest BCUT2D eigenvalue weighted by molar-refractivity contribution is 0.0734. The van der Waals surface area contributed by atoms with Gasteiger partial charge in [-0.1, -0.05) is 17.7 Å². The van der Waals surface area contributed by atoms with Crippen molar-refractivity contribution in [2.24, 2.45) is 5.10 Å². The molecule has 8 heteroatoms. The quantitative estimate of drug-likeness (QED) is 0.162. The third-order valence-corrected chi connectivity index (χ3v) is 5.15. The summed E-state index contributed by atoms with van der Waals surface area (Å²) >= 11 is 7.29. The van der Waals surface area contributed by atoms with Crippen LogP contribution in [-0.4, -0.2) is 17.2 Å². The van der Waals surface area contributed by atoms with Crippen molar-refractivity contribution in [1.29, 1.82) is 0 Å². The Kier molecular flexibility index (Phi) is 6.35. The van der Waals surface area contributed by atoms with Gasteiger partial charge in [0.25, 0.3) is 0 Å². The fraction of sp³-hybridized carbons (Fsp3) is 0. The van der Waals surface area contributed by atoms with Crippen LogP contribution in [0, 0.1) is 5.82 Å². The summed E-state index contributed by atoms with van der Waals surface area (Å²) in [5.41, 5.74) is 5.64. The minimum Gasteiger partial charge on any atom is -0.423 e. The van der Waals surface area contributed by atoms with Gasteiger partial charge in [-0.05, 0) is 72.3 Å². The second-order valence-corrected chi connectivity index (χ2v) is 7.68. The number of aromatic nitrogens is 1. The molecule has 0 saturated heterocycles. The number of benzene rings is 3. The number of ether oxygens (including phenoxy) is 1. The van der Waals surface area contributed by atoms with Crippen LogP contribution in [-0.2, 0) is 0 Å². The normalized spacial score (nSPS) is 10.9. The molecule has 3 aromatic carbocycles. The maximum atomic E-state index is 13.0. The summed E-state index contributed by atoms with van der Waals surface area (Å²) in [7, 11) is 0. The van der Waals surface area contributed by atoms with Crippen molar-refractivity contribution in [3.05, 3.63) is 100 Å². The number of hydrazone groups is 1. The van der Waals surface area contributed by atoms with E-state index in [1.807, 2.05) is 5.38 Å². The first kappa shape index (κ1) is 20.7. The number of thiazole rings is 1. The van der Waals surface area contributed by atoms with Crippen molar-refractivity contribution in [1.82, 2.24) is 4.98 Å². The molecule has 0 aliphatic rings. The van der Waals surface area contributed by atoms with Crippen LogP contribution < -0.4 is 10.2 Å². The van der Waals surface area contributed by atoms with Crippen LogP contribution in [0.15, 0.2) is 83.3 Å². The molecule has 1 N–H and O–H groups in total. The highest BCUT2D eigenvalue weighted by Gasteiger charge is 2.09. The number of anilines is 1. The summed E-state index contributed by atoms with van der Waals surface area (Å²) in [6.45, 7) is 0. The summed E-state index contributed by atoms with van der Waals surface area (Å²) in [6, 6.07) is 19.6. The first-order valence-electron chi connectivity index (χ1n) is 9.15. The van der Waals surface area contributed by atoms with Crippen LogP contribution in [0.3, 0.4) is 0 Å². The third-order valence-electron chi connectivity index (χ3n) is 4.17. The number of rotatable bonds is 6. The highest BCUT2D eigenvalue weighted by Crippen LogP contribution is 2.25. The fourth-order valence-electron chi connectivity index (χ4n) is 2.64. The van der Waals surface area contributed by atoms with Crippen LogP contribution in [0.1, 0.15) is 15.9 Å². The predicted octanol–water partition coefficient (Wildman–Crippen LogP) is 6.27. The van der Waals surface area contributed by atoms with Gasteiger partial charge in [-0.2, -0.15) is 5.10 Å². The van der Waals surface area contributed by atoms with Gasteiger partial charge < -0.3 is 4.74 Å². The largest absolute Gasteiger partial charge is 0.423 e. The molecule has 0 bridgehead atoms. The topological polar surface area (TPSA) is 63.6 Å². The van der Waals surface area contributed by atoms with Crippen molar-refractivity contribution < 1.29 is 13.9 Å². The number of carbonyl (C=O) groups excluding carboxylic acids is 1. The van der Waals surface area contributed by atoms with Crippen molar-refractivity contribution in [3.8, 4) is 17.0 Å². The Morgan fingerprint density at radius 1 is 1.10 bits per heavy atom. The van der Waals surface area contributed by atoms with E-state index in [0.29, 0.717) is 21.5 Å². The summed E-state index contributed by atoms with van der Waals surface area (Å²) < 4.78 is 18.4. The molecule has 0 unspecified atom stereocenters. The molecule has 0 spiro atoms. The van der Waals surface area contributed by atoms with Crippen molar-refractivity contribution in [2.45, 2.75) is 0 Å². The molecule has 5 nitrogen and oxygen atoms in total. The third kappa shape index (κ3) is 5.53. The monoisotopic (exact) mass is 451 g/mol. The van der Waals surface area contributed by atoms with Gasteiger partial charge in [0, 0.05) is 16.0 Å². The zero-order valence-corrected chi connectivity index (χ0v) is 17.5. The minimum atomic E-state index is -0.480. The van der Waals surface area contributed by atoms with Gasteiger partial charge in [0.15, 0.2) is 0 Å². The molecule has 31 heavy (non-hydrogen) atoms. The molecule has 4 aromatic rings. The molecular weight excluding hydrogens is 437 g/mol. The molecule has 0 fully saturated rings. The van der Waals surface area contributed by atoms with E-state index in [-0.39, 0.29) is 5.82 Å². The first-order chi connectivity index (χ1) is 15.1. The molecular formula is C23H15ClFN3O2S. The van der Waals surface area contributed by atoms with E-state index in [4.69, 9.17) is 16.3 Å². The Balaban J connectivity index is 1.34. The van der Waals surface area contributed by atoms with Crippen LogP contribution in [0.5, 0.6) is 5.75 Å². The summed E-state index contributed by atoms with van der Waals surface area (Å²) in [4.78, 5) is 16.6. The second-order valence-electron chi connectivity index (χ2n) is 6.38. The molecule has 0 atom stereocenters. The average molecular weight is 452 g/mol. The molecule has 0 saturated carbocycles. The van der Waals surface area contributed by atoms with Crippen LogP contribution in [0.2, 0.25) is 5.02 Å². The van der Waals surface area contributed by atoms with E-state index in [0.717, 1.165) is 16.8 Å². The number of hydrogen-bond donors (Lipinski definition) is 1. The molecule has 154 valence electrons. The lowest BCUT2D eigenvalue weighted by Crippen LogP contribution is -2.08. The van der Waals surface area contributed by atoms with Gasteiger partial charge in [0.2, 0.25) is 5.13 Å². The average Bonchev–Trinajstić information content (AvgIpc) is 3.24. The lowest BCUT2D eigenvalue weighted by atomic mass is 10.2. The van der Waals surface area contributed by atoms with Crippen molar-refractivity contribution >= 4 is 40.3 Å². The van der Waals surface area contributed by atoms with Crippen LogP contribution >= 0.6 is 22.9 Å². The number of nitrogens with one attached hydrogen (secondary N) is 1. The number of esters is 1. The van der Waals surface area contributed by atoms with E-state index in [9.17, 15) is 9.18 Å². The molecule has 4 rings (SSSR count). The number of halogens is 2. The number of carbonyl (C=O) groups is 1. The van der Waals surface area contributed by atoms with Crippen LogP contribution in [0.25, 0.3) is 11.3 Å². The maximum absolute atomic E-state index is 13.0. The Morgan fingerprint density at radius 3 is 2.61 bits per heavy atom. The van der Waals surface area contributed by atoms with E-state index in [2.05, 4.69) is 15.5 Å². The fourth-order valence-corrected chi connectivity index (χ4v) is 3.50. The standard InChI is InChI=1S/C23H15ClFN3O2S/c24-18-3-1-2-17(12-18)22(29)30-20-10-4-15(5-11-20)13-26-28-23-27-21(14-31-23)16-6-8-19(25)9-7-16/h1-14H,(H,27,28)/b26-13-. The lowest BCUT2D eigenvalue weighted by Gasteiger charge is -2.05. The summed E-state index contributed by atoms with van der Waals surface area (Å²) in [6.07, 6.45) is 1.63. The number of hydrogen-bond acceptors (Lipinski definition) is 6. The smallest absolute Gasteiger partial charge is 0.343 e. The SMILES string of the molecule is O=C(Oc1ccc(/C=N\Nc2nc(-c3ccc(F)cc3)cs2)cc1)c1cccc(Cl)c1. The first-order valence-corrected chi connectivity index (χ1v) is 10.4. The van der Waals surface area contributed by atoms with Crippen LogP contribution in [0.4, 0.5) is 9.52 Å². The van der Waals surface area contributed by atoms with Gasteiger partial charge >= 0.3 is 5.97 Å². The Bertz CT molecular complexity index is 1220.